The Balaban J connectivity index is 0.00000264. The highest BCUT2D eigenvalue weighted by Crippen LogP contribution is 2.23. The van der Waals surface area contributed by atoms with Gasteiger partial charge in [-0.1, -0.05) is 19.1 Å². The first-order chi connectivity index (χ1) is 10.7. The molecule has 23 heavy (non-hydrogen) atoms. The molecule has 0 aliphatic heterocycles. The second kappa shape index (κ2) is 10.7. The molecule has 0 amide bonds. The van der Waals surface area contributed by atoms with Crippen LogP contribution in [0.5, 0.6) is 5.75 Å². The first-order valence-electron chi connectivity index (χ1n) is 8.31. The van der Waals surface area contributed by atoms with Crippen molar-refractivity contribution in [1.82, 2.24) is 10.6 Å². The summed E-state index contributed by atoms with van der Waals surface area (Å²) in [5.74, 6) is 2.71. The molecule has 4 nitrogen and oxygen atoms in total. The molecule has 0 atom stereocenters. The zero-order valence-corrected chi connectivity index (χ0v) is 16.8. The lowest BCUT2D eigenvalue weighted by Crippen LogP contribution is -2.45. The topological polar surface area (TPSA) is 45.7 Å². The van der Waals surface area contributed by atoms with Crippen LogP contribution in [0, 0.1) is 5.92 Å². The fraction of sp³-hybridized carbons (Fsp3) is 0.611. The van der Waals surface area contributed by atoms with Gasteiger partial charge in [0.05, 0.1) is 7.11 Å². The van der Waals surface area contributed by atoms with Gasteiger partial charge in [0.2, 0.25) is 0 Å². The van der Waals surface area contributed by atoms with Crippen molar-refractivity contribution in [2.75, 3.05) is 20.7 Å². The van der Waals surface area contributed by atoms with Gasteiger partial charge in [-0.25, -0.2) is 0 Å². The summed E-state index contributed by atoms with van der Waals surface area (Å²) >= 11 is 0. The minimum absolute atomic E-state index is 0. The third-order valence-electron chi connectivity index (χ3n) is 4.42. The molecule has 1 aliphatic carbocycles. The molecule has 0 unspecified atom stereocenters. The van der Waals surface area contributed by atoms with E-state index in [4.69, 9.17) is 4.74 Å². The van der Waals surface area contributed by atoms with E-state index in [1.807, 2.05) is 19.2 Å². The van der Waals surface area contributed by atoms with Gasteiger partial charge in [-0.15, -0.1) is 24.0 Å². The van der Waals surface area contributed by atoms with Crippen molar-refractivity contribution in [3.8, 4) is 5.75 Å². The summed E-state index contributed by atoms with van der Waals surface area (Å²) < 4.78 is 5.26. The zero-order chi connectivity index (χ0) is 15.8. The third-order valence-corrected chi connectivity index (χ3v) is 4.42. The Morgan fingerprint density at radius 2 is 2.00 bits per heavy atom. The largest absolute Gasteiger partial charge is 0.497 e. The van der Waals surface area contributed by atoms with Gasteiger partial charge in [0.25, 0.3) is 0 Å². The second-order valence-electron chi connectivity index (χ2n) is 6.20. The highest BCUT2D eigenvalue weighted by molar-refractivity contribution is 14.0. The molecule has 1 aromatic carbocycles. The summed E-state index contributed by atoms with van der Waals surface area (Å²) in [5.41, 5.74) is 1.27. The molecule has 0 spiro atoms. The van der Waals surface area contributed by atoms with E-state index < -0.39 is 0 Å². The van der Waals surface area contributed by atoms with E-state index in [-0.39, 0.29) is 24.0 Å². The Morgan fingerprint density at radius 1 is 1.26 bits per heavy atom. The number of halogens is 1. The van der Waals surface area contributed by atoms with E-state index in [2.05, 4.69) is 34.7 Å². The fourth-order valence-corrected chi connectivity index (χ4v) is 2.95. The minimum Gasteiger partial charge on any atom is -0.497 e. The molecule has 2 rings (SSSR count). The number of nitrogens with one attached hydrogen (secondary N) is 2. The number of ether oxygens (including phenoxy) is 1. The predicted molar refractivity (Wildman–Crippen MR) is 108 cm³/mol. The molecule has 130 valence electrons. The second-order valence-corrected chi connectivity index (χ2v) is 6.20. The van der Waals surface area contributed by atoms with Crippen LogP contribution in [0.25, 0.3) is 0 Å². The SMILES string of the molecule is CN=C(NCCc1cccc(OC)c1)NC1CCC(C)CC1.I. The van der Waals surface area contributed by atoms with Crippen LogP contribution in [-0.4, -0.2) is 32.7 Å². The van der Waals surface area contributed by atoms with Crippen LogP contribution in [0.3, 0.4) is 0 Å². The average molecular weight is 431 g/mol. The first kappa shape index (κ1) is 20.1. The molecule has 1 aliphatic rings. The number of hydrogen-bond acceptors (Lipinski definition) is 2. The quantitative estimate of drug-likeness (QED) is 0.426. The maximum Gasteiger partial charge on any atom is 0.191 e. The fourth-order valence-electron chi connectivity index (χ4n) is 2.95. The van der Waals surface area contributed by atoms with Crippen molar-refractivity contribution >= 4 is 29.9 Å². The molecule has 1 saturated carbocycles. The van der Waals surface area contributed by atoms with E-state index in [0.717, 1.165) is 30.6 Å². The van der Waals surface area contributed by atoms with Crippen LogP contribution in [-0.2, 0) is 6.42 Å². The monoisotopic (exact) mass is 431 g/mol. The Labute approximate surface area is 157 Å². The van der Waals surface area contributed by atoms with Gasteiger partial charge in [0.15, 0.2) is 5.96 Å². The molecular formula is C18H30IN3O. The molecule has 5 heteroatoms. The third kappa shape index (κ3) is 6.97. The maximum atomic E-state index is 5.26. The zero-order valence-electron chi connectivity index (χ0n) is 14.5. The number of methoxy groups -OCH3 is 1. The van der Waals surface area contributed by atoms with E-state index in [1.54, 1.807) is 7.11 Å². The lowest BCUT2D eigenvalue weighted by molar-refractivity contribution is 0.329. The van der Waals surface area contributed by atoms with Crippen molar-refractivity contribution in [3.63, 3.8) is 0 Å². The van der Waals surface area contributed by atoms with Crippen molar-refractivity contribution in [1.29, 1.82) is 0 Å². The lowest BCUT2D eigenvalue weighted by Gasteiger charge is -2.28. The molecule has 1 fully saturated rings. The van der Waals surface area contributed by atoms with Gasteiger partial charge >= 0.3 is 0 Å². The Bertz CT molecular complexity index is 485. The van der Waals surface area contributed by atoms with Crippen molar-refractivity contribution in [3.05, 3.63) is 29.8 Å². The highest BCUT2D eigenvalue weighted by Gasteiger charge is 2.18. The standard InChI is InChI=1S/C18H29N3O.HI/c1-14-7-9-16(10-8-14)21-18(19-2)20-12-11-15-5-4-6-17(13-15)22-3;/h4-6,13-14,16H,7-12H2,1-3H3,(H2,19,20,21);1H. The molecule has 0 bridgehead atoms. The van der Waals surface area contributed by atoms with Crippen LogP contribution >= 0.6 is 24.0 Å². The molecule has 0 aromatic heterocycles. The number of guanidine groups is 1. The van der Waals surface area contributed by atoms with Gasteiger partial charge in [-0.3, -0.25) is 4.99 Å². The van der Waals surface area contributed by atoms with Crippen molar-refractivity contribution in [2.45, 2.75) is 45.1 Å². The first-order valence-corrected chi connectivity index (χ1v) is 8.31. The van der Waals surface area contributed by atoms with Crippen LogP contribution in [0.15, 0.2) is 29.3 Å². The smallest absolute Gasteiger partial charge is 0.191 e. The number of benzene rings is 1. The van der Waals surface area contributed by atoms with Gasteiger partial charge in [-0.2, -0.15) is 0 Å². The molecule has 1 aromatic rings. The molecule has 0 radical (unpaired) electrons. The van der Waals surface area contributed by atoms with Crippen LogP contribution in [0.4, 0.5) is 0 Å². The van der Waals surface area contributed by atoms with Crippen LogP contribution in [0.2, 0.25) is 0 Å². The number of aliphatic imine (C=N–C) groups is 1. The summed E-state index contributed by atoms with van der Waals surface area (Å²) in [4.78, 5) is 4.34. The van der Waals surface area contributed by atoms with Crippen molar-refractivity contribution < 1.29 is 4.74 Å². The maximum absolute atomic E-state index is 5.26. The van der Waals surface area contributed by atoms with E-state index >= 15 is 0 Å². The summed E-state index contributed by atoms with van der Waals surface area (Å²) in [6, 6.07) is 8.79. The average Bonchev–Trinajstić information content (AvgIpc) is 2.56. The Kier molecular flexibility index (Phi) is 9.36. The Hall–Kier alpha value is -0.980. The van der Waals surface area contributed by atoms with Crippen LogP contribution < -0.4 is 15.4 Å². The van der Waals surface area contributed by atoms with Gasteiger partial charge in [0, 0.05) is 19.6 Å². The molecule has 0 saturated heterocycles. The Morgan fingerprint density at radius 3 is 2.65 bits per heavy atom. The van der Waals surface area contributed by atoms with Crippen LogP contribution in [0.1, 0.15) is 38.2 Å². The highest BCUT2D eigenvalue weighted by atomic mass is 127. The molecular weight excluding hydrogens is 401 g/mol. The summed E-state index contributed by atoms with van der Waals surface area (Å²) in [6.45, 7) is 3.22. The van der Waals surface area contributed by atoms with Gasteiger partial charge in [-0.05, 0) is 55.7 Å². The van der Waals surface area contributed by atoms with Gasteiger partial charge < -0.3 is 15.4 Å². The molecule has 0 heterocycles. The lowest BCUT2D eigenvalue weighted by atomic mass is 9.87. The summed E-state index contributed by atoms with van der Waals surface area (Å²) in [5, 5.41) is 6.96. The van der Waals surface area contributed by atoms with Crippen molar-refractivity contribution in [2.24, 2.45) is 10.9 Å². The van der Waals surface area contributed by atoms with E-state index in [9.17, 15) is 0 Å². The number of hydrogen-bond donors (Lipinski definition) is 2. The van der Waals surface area contributed by atoms with E-state index in [0.29, 0.717) is 6.04 Å². The summed E-state index contributed by atoms with van der Waals surface area (Å²) in [7, 11) is 3.54. The number of rotatable bonds is 5. The number of nitrogens with zero attached hydrogens (tertiary/aromatic N) is 1. The van der Waals surface area contributed by atoms with Gasteiger partial charge in [0.1, 0.15) is 5.75 Å². The predicted octanol–water partition coefficient (Wildman–Crippen LogP) is 3.60. The van der Waals surface area contributed by atoms with E-state index in [1.165, 1.54) is 31.2 Å². The summed E-state index contributed by atoms with van der Waals surface area (Å²) in [6.07, 6.45) is 6.09. The normalized spacial score (nSPS) is 21.3. The minimum atomic E-state index is 0. The molecule has 2 N–H and O–H groups in total.